The number of piperidine rings is 1. The molecule has 0 aliphatic carbocycles. The molecule has 0 radical (unpaired) electrons. The van der Waals surface area contributed by atoms with Gasteiger partial charge < -0.3 is 14.4 Å². The summed E-state index contributed by atoms with van der Waals surface area (Å²) in [6, 6.07) is 7.75. The Bertz CT molecular complexity index is 542. The van der Waals surface area contributed by atoms with E-state index in [0.717, 1.165) is 25.1 Å². The van der Waals surface area contributed by atoms with Gasteiger partial charge in [-0.3, -0.25) is 4.79 Å². The Morgan fingerprint density at radius 1 is 1.25 bits per heavy atom. The highest BCUT2D eigenvalue weighted by Crippen LogP contribution is 2.29. The summed E-state index contributed by atoms with van der Waals surface area (Å²) in [5.74, 6) is 2.33. The summed E-state index contributed by atoms with van der Waals surface area (Å²) in [4.78, 5) is 14.7. The number of hydrogen-bond donors (Lipinski definition) is 0. The summed E-state index contributed by atoms with van der Waals surface area (Å²) in [6.45, 7) is 7.56. The molecule has 1 fully saturated rings. The highest BCUT2D eigenvalue weighted by molar-refractivity contribution is 8.00. The van der Waals surface area contributed by atoms with E-state index in [1.54, 1.807) is 7.11 Å². The molecule has 1 amide bonds. The predicted octanol–water partition coefficient (Wildman–Crippen LogP) is 3.99. The van der Waals surface area contributed by atoms with Crippen LogP contribution in [0.3, 0.4) is 0 Å². The molecule has 2 rings (SSSR count). The van der Waals surface area contributed by atoms with Crippen LogP contribution < -0.4 is 9.47 Å². The van der Waals surface area contributed by atoms with Gasteiger partial charge in [0.25, 0.3) is 5.91 Å². The Kier molecular flexibility index (Phi) is 6.84. The van der Waals surface area contributed by atoms with Crippen LogP contribution in [-0.2, 0) is 4.79 Å². The number of hydrogen-bond acceptors (Lipinski definition) is 4. The average Bonchev–Trinajstić information content (AvgIpc) is 2.57. The van der Waals surface area contributed by atoms with Crippen LogP contribution in [0.1, 0.15) is 40.0 Å². The molecule has 4 nitrogen and oxygen atoms in total. The second-order valence-electron chi connectivity index (χ2n) is 7.10. The number of benzene rings is 1. The zero-order valence-corrected chi connectivity index (χ0v) is 16.0. The van der Waals surface area contributed by atoms with E-state index < -0.39 is 0 Å². The fraction of sp³-hybridized carbons (Fsp3) is 0.632. The SMILES string of the molecule is COc1ccccc1OCC(=O)N1CCCC[C@@H]1CSC(C)(C)C. The standard InChI is InChI=1S/C19H29NO3S/c1-19(2,3)24-14-15-9-7-8-12-20(15)18(21)13-23-17-11-6-5-10-16(17)22-4/h5-6,10-11,15H,7-9,12-14H2,1-4H3/t15-/m1/s1. The van der Waals surface area contributed by atoms with Crippen molar-refractivity contribution < 1.29 is 14.3 Å². The van der Waals surface area contributed by atoms with Gasteiger partial charge in [0.2, 0.25) is 0 Å². The van der Waals surface area contributed by atoms with E-state index in [2.05, 4.69) is 20.8 Å². The third kappa shape index (κ3) is 5.62. The van der Waals surface area contributed by atoms with Gasteiger partial charge in [0, 0.05) is 23.1 Å². The van der Waals surface area contributed by atoms with E-state index >= 15 is 0 Å². The lowest BCUT2D eigenvalue weighted by atomic mass is 10.0. The number of amides is 1. The van der Waals surface area contributed by atoms with Gasteiger partial charge in [-0.05, 0) is 31.4 Å². The van der Waals surface area contributed by atoms with Gasteiger partial charge in [0.05, 0.1) is 7.11 Å². The van der Waals surface area contributed by atoms with Crippen LogP contribution in [0.15, 0.2) is 24.3 Å². The van der Waals surface area contributed by atoms with Crippen LogP contribution in [0.2, 0.25) is 0 Å². The molecule has 5 heteroatoms. The smallest absolute Gasteiger partial charge is 0.260 e. The van der Waals surface area contributed by atoms with Crippen molar-refractivity contribution in [2.75, 3.05) is 26.0 Å². The van der Waals surface area contributed by atoms with Crippen LogP contribution in [-0.4, -0.2) is 47.6 Å². The molecule has 0 N–H and O–H groups in total. The number of nitrogens with zero attached hydrogens (tertiary/aromatic N) is 1. The molecule has 1 aliphatic heterocycles. The Hall–Kier alpha value is -1.36. The minimum absolute atomic E-state index is 0.0665. The topological polar surface area (TPSA) is 38.8 Å². The largest absolute Gasteiger partial charge is 0.493 e. The zero-order chi connectivity index (χ0) is 17.6. The molecule has 0 saturated carbocycles. The first-order valence-electron chi connectivity index (χ1n) is 8.60. The Morgan fingerprint density at radius 2 is 1.96 bits per heavy atom. The minimum Gasteiger partial charge on any atom is -0.493 e. The van der Waals surface area contributed by atoms with Gasteiger partial charge in [0.1, 0.15) is 0 Å². The molecule has 0 spiro atoms. The molecule has 0 unspecified atom stereocenters. The summed E-state index contributed by atoms with van der Waals surface area (Å²) in [7, 11) is 1.61. The summed E-state index contributed by atoms with van der Waals surface area (Å²) in [6.07, 6.45) is 3.37. The Labute approximate surface area is 149 Å². The van der Waals surface area contributed by atoms with E-state index in [1.165, 1.54) is 6.42 Å². The molecule has 1 aliphatic rings. The molecule has 1 heterocycles. The van der Waals surface area contributed by atoms with Gasteiger partial charge in [-0.2, -0.15) is 11.8 Å². The summed E-state index contributed by atoms with van der Waals surface area (Å²) in [5.41, 5.74) is 0. The highest BCUT2D eigenvalue weighted by Gasteiger charge is 2.28. The summed E-state index contributed by atoms with van der Waals surface area (Å²) < 4.78 is 11.2. The van der Waals surface area contributed by atoms with Crippen molar-refractivity contribution in [1.82, 2.24) is 4.90 Å². The first-order chi connectivity index (χ1) is 11.4. The van der Waals surface area contributed by atoms with Crippen LogP contribution in [0.5, 0.6) is 11.5 Å². The Morgan fingerprint density at radius 3 is 2.62 bits per heavy atom. The van der Waals surface area contributed by atoms with Crippen LogP contribution in [0, 0.1) is 0 Å². The van der Waals surface area contributed by atoms with Crippen LogP contribution in [0.25, 0.3) is 0 Å². The van der Waals surface area contributed by atoms with Crippen molar-refractivity contribution in [3.8, 4) is 11.5 Å². The van der Waals surface area contributed by atoms with Gasteiger partial charge in [0.15, 0.2) is 18.1 Å². The lowest BCUT2D eigenvalue weighted by molar-refractivity contribution is -0.136. The number of thioether (sulfide) groups is 1. The molecule has 0 aromatic heterocycles. The number of carbonyl (C=O) groups excluding carboxylic acids is 1. The van der Waals surface area contributed by atoms with E-state index in [9.17, 15) is 4.79 Å². The van der Waals surface area contributed by atoms with Crippen molar-refractivity contribution in [2.24, 2.45) is 0 Å². The molecule has 134 valence electrons. The van der Waals surface area contributed by atoms with E-state index in [-0.39, 0.29) is 17.3 Å². The van der Waals surface area contributed by atoms with Crippen molar-refractivity contribution >= 4 is 17.7 Å². The molecule has 1 saturated heterocycles. The summed E-state index contributed by atoms with van der Waals surface area (Å²) >= 11 is 1.93. The van der Waals surface area contributed by atoms with Gasteiger partial charge in [-0.1, -0.05) is 32.9 Å². The quantitative estimate of drug-likeness (QED) is 0.777. The van der Waals surface area contributed by atoms with Crippen LogP contribution >= 0.6 is 11.8 Å². The molecular formula is C19H29NO3S. The second-order valence-corrected chi connectivity index (χ2v) is 8.95. The number of ether oxygens (including phenoxy) is 2. The first kappa shape index (κ1) is 19.0. The lowest BCUT2D eigenvalue weighted by Crippen LogP contribution is -2.47. The molecule has 24 heavy (non-hydrogen) atoms. The van der Waals surface area contributed by atoms with E-state index in [0.29, 0.717) is 17.5 Å². The highest BCUT2D eigenvalue weighted by atomic mass is 32.2. The fourth-order valence-corrected chi connectivity index (χ4v) is 3.85. The maximum Gasteiger partial charge on any atom is 0.260 e. The number of carbonyl (C=O) groups is 1. The van der Waals surface area contributed by atoms with Gasteiger partial charge in [-0.15, -0.1) is 0 Å². The molecule has 1 aromatic rings. The summed E-state index contributed by atoms with van der Waals surface area (Å²) in [5, 5.41) is 0. The minimum atomic E-state index is 0.0665. The third-order valence-electron chi connectivity index (χ3n) is 4.08. The van der Waals surface area contributed by atoms with Crippen molar-refractivity contribution in [2.45, 2.75) is 50.8 Å². The first-order valence-corrected chi connectivity index (χ1v) is 9.58. The van der Waals surface area contributed by atoms with Crippen molar-refractivity contribution in [1.29, 1.82) is 0 Å². The average molecular weight is 352 g/mol. The third-order valence-corrected chi connectivity index (χ3v) is 5.49. The maximum atomic E-state index is 12.7. The fourth-order valence-electron chi connectivity index (χ4n) is 2.81. The predicted molar refractivity (Wildman–Crippen MR) is 100 cm³/mol. The van der Waals surface area contributed by atoms with Gasteiger partial charge >= 0.3 is 0 Å². The number of rotatable bonds is 6. The maximum absolute atomic E-state index is 12.7. The second kappa shape index (κ2) is 8.65. The number of para-hydroxylation sites is 2. The lowest BCUT2D eigenvalue weighted by Gasteiger charge is -2.36. The molecule has 1 atom stereocenters. The monoisotopic (exact) mass is 351 g/mol. The van der Waals surface area contributed by atoms with E-state index in [4.69, 9.17) is 9.47 Å². The Balaban J connectivity index is 1.93. The molecular weight excluding hydrogens is 322 g/mol. The van der Waals surface area contributed by atoms with Crippen molar-refractivity contribution in [3.63, 3.8) is 0 Å². The van der Waals surface area contributed by atoms with Gasteiger partial charge in [-0.25, -0.2) is 0 Å². The molecule has 0 bridgehead atoms. The normalized spacial score (nSPS) is 18.3. The number of likely N-dealkylation sites (tertiary alicyclic amines) is 1. The number of methoxy groups -OCH3 is 1. The van der Waals surface area contributed by atoms with Crippen LogP contribution in [0.4, 0.5) is 0 Å². The molecule has 1 aromatic carbocycles. The van der Waals surface area contributed by atoms with E-state index in [1.807, 2.05) is 40.9 Å². The zero-order valence-electron chi connectivity index (χ0n) is 15.2. The van der Waals surface area contributed by atoms with Crippen molar-refractivity contribution in [3.05, 3.63) is 24.3 Å².